The first-order chi connectivity index (χ1) is 12.7. The topological polar surface area (TPSA) is 140 Å². The van der Waals surface area contributed by atoms with Crippen molar-refractivity contribution in [2.75, 3.05) is 13.6 Å². The fourth-order valence-electron chi connectivity index (χ4n) is 3.45. The second-order valence-electron chi connectivity index (χ2n) is 7.46. The SMILES string of the molecule is CN[C@H](C(=O)N[C@@H]1C=C(C(=O)N[C@H]2CCCNC2=O)C[C@@H](O)[C@@H]1O)C(C)C. The molecule has 5 atom stereocenters. The summed E-state index contributed by atoms with van der Waals surface area (Å²) in [4.78, 5) is 36.8. The van der Waals surface area contributed by atoms with Crippen molar-refractivity contribution in [2.45, 2.75) is 63.4 Å². The molecule has 0 aromatic heterocycles. The number of amides is 3. The minimum atomic E-state index is -1.21. The van der Waals surface area contributed by atoms with Gasteiger partial charge < -0.3 is 31.5 Å². The van der Waals surface area contributed by atoms with Crippen LogP contribution in [-0.4, -0.2) is 71.9 Å². The van der Waals surface area contributed by atoms with Gasteiger partial charge in [0.1, 0.15) is 12.1 Å². The summed E-state index contributed by atoms with van der Waals surface area (Å²) in [6, 6.07) is -1.97. The normalized spacial score (nSPS) is 29.6. The van der Waals surface area contributed by atoms with Crippen LogP contribution in [0.3, 0.4) is 0 Å². The minimum absolute atomic E-state index is 0.0252. The molecule has 1 aliphatic heterocycles. The van der Waals surface area contributed by atoms with Crippen LogP contribution in [0.2, 0.25) is 0 Å². The Morgan fingerprint density at radius 3 is 2.56 bits per heavy atom. The fourth-order valence-corrected chi connectivity index (χ4v) is 3.45. The summed E-state index contributed by atoms with van der Waals surface area (Å²) in [5.74, 6) is -1.01. The molecule has 9 nitrogen and oxygen atoms in total. The molecule has 27 heavy (non-hydrogen) atoms. The predicted octanol–water partition coefficient (Wildman–Crippen LogP) is -1.84. The molecule has 6 N–H and O–H groups in total. The van der Waals surface area contributed by atoms with Crippen molar-refractivity contribution >= 4 is 17.7 Å². The summed E-state index contributed by atoms with van der Waals surface area (Å²) in [5.41, 5.74) is 0.238. The maximum absolute atomic E-state index is 12.5. The molecule has 2 rings (SSSR count). The number of nitrogens with one attached hydrogen (secondary N) is 4. The molecule has 0 bridgehead atoms. The molecule has 0 radical (unpaired) electrons. The van der Waals surface area contributed by atoms with Crippen LogP contribution in [0.1, 0.15) is 33.1 Å². The third-order valence-electron chi connectivity index (χ3n) is 5.02. The monoisotopic (exact) mass is 382 g/mol. The summed E-state index contributed by atoms with van der Waals surface area (Å²) in [6.45, 7) is 4.36. The van der Waals surface area contributed by atoms with Gasteiger partial charge in [-0.1, -0.05) is 19.9 Å². The summed E-state index contributed by atoms with van der Waals surface area (Å²) in [7, 11) is 1.67. The number of rotatable bonds is 6. The smallest absolute Gasteiger partial charge is 0.247 e. The molecule has 9 heteroatoms. The van der Waals surface area contributed by atoms with Crippen molar-refractivity contribution in [3.05, 3.63) is 11.6 Å². The maximum atomic E-state index is 12.5. The van der Waals surface area contributed by atoms with Crippen LogP contribution in [0.5, 0.6) is 0 Å². The Bertz CT molecular complexity index is 607. The van der Waals surface area contributed by atoms with Crippen LogP contribution in [0.25, 0.3) is 0 Å². The number of aliphatic hydroxyl groups excluding tert-OH is 2. The molecule has 152 valence electrons. The van der Waals surface area contributed by atoms with E-state index in [1.165, 1.54) is 6.08 Å². The Morgan fingerprint density at radius 1 is 1.26 bits per heavy atom. The first-order valence-electron chi connectivity index (χ1n) is 9.37. The van der Waals surface area contributed by atoms with Gasteiger partial charge >= 0.3 is 0 Å². The number of carbonyl (C=O) groups is 3. The van der Waals surface area contributed by atoms with Crippen molar-refractivity contribution in [3.8, 4) is 0 Å². The zero-order valence-electron chi connectivity index (χ0n) is 16.0. The van der Waals surface area contributed by atoms with Crippen LogP contribution >= 0.6 is 0 Å². The standard InChI is InChI=1S/C18H30N4O5/c1-9(2)14(19-3)18(27)22-12-7-10(8-13(23)15(12)24)16(25)21-11-5-4-6-20-17(11)26/h7,9,11-15,19,23-24H,4-6,8H2,1-3H3,(H,20,26)(H,21,25)(H,22,27)/t11-,12+,13+,14-,15+/m0/s1. The van der Waals surface area contributed by atoms with Gasteiger partial charge in [-0.05, 0) is 25.8 Å². The van der Waals surface area contributed by atoms with Crippen molar-refractivity contribution in [3.63, 3.8) is 0 Å². The summed E-state index contributed by atoms with van der Waals surface area (Å²) in [6.07, 6.45) is 0.331. The highest BCUT2D eigenvalue weighted by atomic mass is 16.3. The molecule has 2 aliphatic rings. The van der Waals surface area contributed by atoms with Gasteiger partial charge in [0.05, 0.1) is 18.2 Å². The summed E-state index contributed by atoms with van der Waals surface area (Å²) >= 11 is 0. The first-order valence-corrected chi connectivity index (χ1v) is 9.37. The van der Waals surface area contributed by atoms with Crippen molar-refractivity contribution in [2.24, 2.45) is 5.92 Å². The van der Waals surface area contributed by atoms with E-state index < -0.39 is 36.2 Å². The largest absolute Gasteiger partial charge is 0.390 e. The minimum Gasteiger partial charge on any atom is -0.390 e. The zero-order chi connectivity index (χ0) is 20.1. The van der Waals surface area contributed by atoms with E-state index in [-0.39, 0.29) is 29.7 Å². The molecule has 0 unspecified atom stereocenters. The van der Waals surface area contributed by atoms with Gasteiger partial charge in [0.25, 0.3) is 0 Å². The predicted molar refractivity (Wildman–Crippen MR) is 98.5 cm³/mol. The van der Waals surface area contributed by atoms with E-state index in [4.69, 9.17) is 0 Å². The van der Waals surface area contributed by atoms with Crippen molar-refractivity contribution in [1.29, 1.82) is 0 Å². The highest BCUT2D eigenvalue weighted by molar-refractivity contribution is 5.97. The first kappa shape index (κ1) is 21.3. The van der Waals surface area contributed by atoms with Gasteiger partial charge in [-0.3, -0.25) is 14.4 Å². The van der Waals surface area contributed by atoms with E-state index >= 15 is 0 Å². The van der Waals surface area contributed by atoms with Gasteiger partial charge in [-0.25, -0.2) is 0 Å². The number of piperidine rings is 1. The second kappa shape index (κ2) is 9.29. The Kier molecular flexibility index (Phi) is 7.34. The number of likely N-dealkylation sites (N-methyl/N-ethyl adjacent to an activating group) is 1. The van der Waals surface area contributed by atoms with Crippen molar-refractivity contribution < 1.29 is 24.6 Å². The quantitative estimate of drug-likeness (QED) is 0.319. The Hall–Kier alpha value is -1.97. The van der Waals surface area contributed by atoms with Gasteiger partial charge in [-0.15, -0.1) is 0 Å². The summed E-state index contributed by atoms with van der Waals surface area (Å²) in [5, 5.41) is 31.3. The highest BCUT2D eigenvalue weighted by Gasteiger charge is 2.36. The third-order valence-corrected chi connectivity index (χ3v) is 5.02. The number of aliphatic hydroxyl groups is 2. The van der Waals surface area contributed by atoms with Gasteiger partial charge in [0.2, 0.25) is 17.7 Å². The van der Waals surface area contributed by atoms with Crippen molar-refractivity contribution in [1.82, 2.24) is 21.3 Å². The lowest BCUT2D eigenvalue weighted by atomic mass is 9.89. The highest BCUT2D eigenvalue weighted by Crippen LogP contribution is 2.21. The van der Waals surface area contributed by atoms with E-state index in [0.717, 1.165) is 6.42 Å². The number of carbonyl (C=O) groups excluding carboxylic acids is 3. The Balaban J connectivity index is 2.09. The molecule has 1 saturated heterocycles. The zero-order valence-corrected chi connectivity index (χ0v) is 16.0. The Morgan fingerprint density at radius 2 is 1.96 bits per heavy atom. The number of hydrogen-bond donors (Lipinski definition) is 6. The molecule has 3 amide bonds. The van der Waals surface area contributed by atoms with Gasteiger partial charge in [0, 0.05) is 18.5 Å². The molecule has 0 aromatic carbocycles. The van der Waals surface area contributed by atoms with Crippen LogP contribution < -0.4 is 21.3 Å². The molecular formula is C18H30N4O5. The average molecular weight is 382 g/mol. The molecular weight excluding hydrogens is 352 g/mol. The fraction of sp³-hybridized carbons (Fsp3) is 0.722. The molecule has 0 spiro atoms. The lowest BCUT2D eigenvalue weighted by molar-refractivity contribution is -0.129. The lowest BCUT2D eigenvalue weighted by Crippen LogP contribution is -2.56. The van der Waals surface area contributed by atoms with Crippen LogP contribution in [0.4, 0.5) is 0 Å². The lowest BCUT2D eigenvalue weighted by Gasteiger charge is -2.33. The second-order valence-corrected chi connectivity index (χ2v) is 7.46. The van der Waals surface area contributed by atoms with Crippen LogP contribution in [0, 0.1) is 5.92 Å². The molecule has 0 saturated carbocycles. The van der Waals surface area contributed by atoms with Crippen LogP contribution in [-0.2, 0) is 14.4 Å². The molecule has 1 fully saturated rings. The third kappa shape index (κ3) is 5.27. The average Bonchev–Trinajstić information content (AvgIpc) is 2.60. The van der Waals surface area contributed by atoms with E-state index in [1.54, 1.807) is 7.05 Å². The van der Waals surface area contributed by atoms with Gasteiger partial charge in [-0.2, -0.15) is 0 Å². The number of hydrogen-bond acceptors (Lipinski definition) is 6. The Labute approximate surface area is 159 Å². The van der Waals surface area contributed by atoms with E-state index in [0.29, 0.717) is 13.0 Å². The van der Waals surface area contributed by atoms with Gasteiger partial charge in [0.15, 0.2) is 0 Å². The van der Waals surface area contributed by atoms with E-state index in [1.807, 2.05) is 13.8 Å². The maximum Gasteiger partial charge on any atom is 0.247 e. The molecule has 1 aliphatic carbocycles. The molecule has 1 heterocycles. The molecule has 0 aromatic rings. The van der Waals surface area contributed by atoms with E-state index in [2.05, 4.69) is 21.3 Å². The summed E-state index contributed by atoms with van der Waals surface area (Å²) < 4.78 is 0. The van der Waals surface area contributed by atoms with Crippen LogP contribution in [0.15, 0.2) is 11.6 Å². The van der Waals surface area contributed by atoms with E-state index in [9.17, 15) is 24.6 Å².